The number of benzene rings is 2. The Kier molecular flexibility index (Phi) is 6.22. The first-order valence-corrected chi connectivity index (χ1v) is 9.90. The van der Waals surface area contributed by atoms with Gasteiger partial charge in [0.25, 0.3) is 0 Å². The van der Waals surface area contributed by atoms with Crippen LogP contribution >= 0.6 is 0 Å². The number of carbonyl (C=O) groups excluding carboxylic acids is 1. The summed E-state index contributed by atoms with van der Waals surface area (Å²) < 4.78 is 5.26. The second-order valence-electron chi connectivity index (χ2n) is 7.10. The van der Waals surface area contributed by atoms with Crippen LogP contribution in [0.3, 0.4) is 0 Å². The predicted molar refractivity (Wildman–Crippen MR) is 120 cm³/mol. The van der Waals surface area contributed by atoms with Crippen LogP contribution in [0.4, 0.5) is 27.8 Å². The van der Waals surface area contributed by atoms with Gasteiger partial charge in [-0.3, -0.25) is 10.3 Å². The Morgan fingerprint density at radius 1 is 1.06 bits per heavy atom. The molecule has 0 spiro atoms. The summed E-state index contributed by atoms with van der Waals surface area (Å²) in [5, 5.41) is 13.3. The van der Waals surface area contributed by atoms with Crippen molar-refractivity contribution in [1.82, 2.24) is 15.4 Å². The average Bonchev–Trinajstić information content (AvgIpc) is 3.18. The molecule has 1 aliphatic rings. The molecule has 0 fully saturated rings. The fourth-order valence-electron chi connectivity index (χ4n) is 2.98. The minimum absolute atomic E-state index is 0.208. The minimum Gasteiger partial charge on any atom is -0.444 e. The highest BCUT2D eigenvalue weighted by Gasteiger charge is 2.14. The number of aromatic nitrogens is 2. The molecule has 9 heteroatoms. The maximum absolute atomic E-state index is 12.1. The molecule has 9 nitrogen and oxygen atoms in total. The highest BCUT2D eigenvalue weighted by Crippen LogP contribution is 2.20. The third kappa shape index (κ3) is 5.92. The van der Waals surface area contributed by atoms with Crippen molar-refractivity contribution in [3.8, 4) is 0 Å². The largest absolute Gasteiger partial charge is 0.444 e. The number of hydrogen-bond donors (Lipinski definition) is 4. The van der Waals surface area contributed by atoms with Crippen LogP contribution in [0, 0.1) is 0 Å². The fourth-order valence-corrected chi connectivity index (χ4v) is 2.98. The van der Waals surface area contributed by atoms with E-state index in [1.807, 2.05) is 42.5 Å². The summed E-state index contributed by atoms with van der Waals surface area (Å²) in [5.41, 5.74) is 5.28. The number of rotatable bonds is 6. The van der Waals surface area contributed by atoms with Gasteiger partial charge >= 0.3 is 6.09 Å². The predicted octanol–water partition coefficient (Wildman–Crippen LogP) is 4.08. The van der Waals surface area contributed by atoms with Crippen molar-refractivity contribution >= 4 is 34.9 Å². The van der Waals surface area contributed by atoms with Gasteiger partial charge in [0.05, 0.1) is 12.4 Å². The number of amides is 1. The Hall–Kier alpha value is -4.14. The molecule has 0 aliphatic carbocycles. The fraction of sp³-hybridized carbons (Fsp3) is 0.182. The smallest absolute Gasteiger partial charge is 0.411 e. The molecule has 158 valence electrons. The third-order valence-corrected chi connectivity index (χ3v) is 4.42. The van der Waals surface area contributed by atoms with E-state index in [-0.39, 0.29) is 6.61 Å². The zero-order valence-corrected chi connectivity index (χ0v) is 17.0. The van der Waals surface area contributed by atoms with E-state index in [0.29, 0.717) is 23.4 Å². The zero-order chi connectivity index (χ0) is 21.5. The van der Waals surface area contributed by atoms with E-state index < -0.39 is 6.09 Å². The first kappa shape index (κ1) is 20.1. The maximum Gasteiger partial charge on any atom is 0.411 e. The molecule has 0 bridgehead atoms. The number of anilines is 4. The van der Waals surface area contributed by atoms with Crippen LogP contribution in [0.1, 0.15) is 18.9 Å². The zero-order valence-electron chi connectivity index (χ0n) is 17.0. The Bertz CT molecular complexity index is 1070. The summed E-state index contributed by atoms with van der Waals surface area (Å²) >= 11 is 0. The second-order valence-corrected chi connectivity index (χ2v) is 7.10. The van der Waals surface area contributed by atoms with E-state index in [0.717, 1.165) is 23.5 Å². The lowest BCUT2D eigenvalue weighted by Gasteiger charge is -2.11. The van der Waals surface area contributed by atoms with Crippen LogP contribution in [0.5, 0.6) is 0 Å². The van der Waals surface area contributed by atoms with Crippen molar-refractivity contribution in [2.45, 2.75) is 26.0 Å². The van der Waals surface area contributed by atoms with Crippen molar-refractivity contribution in [2.75, 3.05) is 16.0 Å². The number of ether oxygens (including phenoxy) is 1. The number of amidine groups is 1. The van der Waals surface area contributed by atoms with E-state index in [1.54, 1.807) is 24.5 Å². The summed E-state index contributed by atoms with van der Waals surface area (Å²) in [6, 6.07) is 17.1. The first-order chi connectivity index (χ1) is 15.1. The molecule has 1 atom stereocenters. The summed E-state index contributed by atoms with van der Waals surface area (Å²) in [4.78, 5) is 20.8. The summed E-state index contributed by atoms with van der Waals surface area (Å²) in [6.07, 6.45) is 3.54. The first-order valence-electron chi connectivity index (χ1n) is 9.90. The average molecular weight is 417 g/mol. The van der Waals surface area contributed by atoms with Gasteiger partial charge < -0.3 is 20.8 Å². The van der Waals surface area contributed by atoms with Crippen molar-refractivity contribution in [3.05, 3.63) is 72.6 Å². The van der Waals surface area contributed by atoms with Crippen LogP contribution in [-0.2, 0) is 11.3 Å². The molecule has 0 saturated heterocycles. The van der Waals surface area contributed by atoms with Crippen LogP contribution in [0.15, 0.2) is 72.1 Å². The molecule has 3 aromatic rings. The van der Waals surface area contributed by atoms with Gasteiger partial charge in [0.1, 0.15) is 12.4 Å². The van der Waals surface area contributed by atoms with Gasteiger partial charge in [-0.05, 0) is 30.7 Å². The quantitative estimate of drug-likeness (QED) is 0.478. The molecule has 4 N–H and O–H groups in total. The molecule has 2 aromatic carbocycles. The van der Waals surface area contributed by atoms with Crippen molar-refractivity contribution in [3.63, 3.8) is 0 Å². The highest BCUT2D eigenvalue weighted by molar-refractivity contribution is 5.95. The minimum atomic E-state index is -0.521. The van der Waals surface area contributed by atoms with Gasteiger partial charge in [-0.25, -0.2) is 9.78 Å². The van der Waals surface area contributed by atoms with Crippen LogP contribution in [0.25, 0.3) is 0 Å². The summed E-state index contributed by atoms with van der Waals surface area (Å²) in [7, 11) is 0. The molecule has 31 heavy (non-hydrogen) atoms. The van der Waals surface area contributed by atoms with E-state index >= 15 is 0 Å². The highest BCUT2D eigenvalue weighted by atomic mass is 16.5. The third-order valence-electron chi connectivity index (χ3n) is 4.42. The summed E-state index contributed by atoms with van der Waals surface area (Å²) in [6.45, 7) is 2.26. The van der Waals surface area contributed by atoms with Crippen LogP contribution in [-0.4, -0.2) is 27.9 Å². The Labute approximate surface area is 180 Å². The van der Waals surface area contributed by atoms with Crippen LogP contribution < -0.4 is 21.4 Å². The number of carbonyl (C=O) groups is 1. The Balaban J connectivity index is 1.34. The van der Waals surface area contributed by atoms with Gasteiger partial charge in [0.2, 0.25) is 0 Å². The van der Waals surface area contributed by atoms with Crippen molar-refractivity contribution in [1.29, 1.82) is 0 Å². The van der Waals surface area contributed by atoms with E-state index in [1.165, 1.54) is 0 Å². The van der Waals surface area contributed by atoms with E-state index in [2.05, 4.69) is 43.4 Å². The summed E-state index contributed by atoms with van der Waals surface area (Å²) in [5.74, 6) is 1.98. The van der Waals surface area contributed by atoms with E-state index in [9.17, 15) is 4.79 Å². The number of nitrogens with zero attached hydrogens (tertiary/aromatic N) is 3. The number of nitrogens with one attached hydrogen (secondary N) is 4. The van der Waals surface area contributed by atoms with Gasteiger partial charge in [-0.2, -0.15) is 5.10 Å². The van der Waals surface area contributed by atoms with Crippen LogP contribution in [0.2, 0.25) is 0 Å². The SMILES string of the molecule is CC1CC(Nc2cncc(Nc3cccc(NC(=O)OCc4ccccc4)c3)n2)=NN1. The lowest BCUT2D eigenvalue weighted by atomic mass is 10.2. The van der Waals surface area contributed by atoms with Gasteiger partial charge in [-0.15, -0.1) is 0 Å². The molecule has 2 heterocycles. The monoisotopic (exact) mass is 417 g/mol. The maximum atomic E-state index is 12.1. The molecular weight excluding hydrogens is 394 g/mol. The molecule has 1 amide bonds. The van der Waals surface area contributed by atoms with Gasteiger partial charge in [0, 0.05) is 23.8 Å². The Morgan fingerprint density at radius 2 is 1.84 bits per heavy atom. The molecular formula is C22H23N7O2. The van der Waals surface area contributed by atoms with Gasteiger partial charge in [0.15, 0.2) is 11.6 Å². The topological polar surface area (TPSA) is 113 Å². The normalized spacial score (nSPS) is 14.9. The standard InChI is InChI=1S/C22H23N7O2/c1-15-10-19(29-28-15)26-21-13-23-12-20(27-21)24-17-8-5-9-18(11-17)25-22(30)31-14-16-6-3-2-4-7-16/h2-9,11-13,15,28H,10,14H2,1H3,(H,25,30)(H2,24,26,27,29). The van der Waals surface area contributed by atoms with Gasteiger partial charge in [-0.1, -0.05) is 36.4 Å². The van der Waals surface area contributed by atoms with E-state index in [4.69, 9.17) is 4.74 Å². The molecule has 0 radical (unpaired) electrons. The van der Waals surface area contributed by atoms with Crippen molar-refractivity contribution in [2.24, 2.45) is 5.10 Å². The lowest BCUT2D eigenvalue weighted by molar-refractivity contribution is 0.155. The molecule has 1 unspecified atom stereocenters. The molecule has 1 aromatic heterocycles. The van der Waals surface area contributed by atoms with Crippen molar-refractivity contribution < 1.29 is 9.53 Å². The number of hydrazone groups is 1. The number of hydrogen-bond acceptors (Lipinski definition) is 8. The molecule has 0 saturated carbocycles. The lowest BCUT2D eigenvalue weighted by Crippen LogP contribution is -2.16. The molecule has 4 rings (SSSR count). The molecule has 1 aliphatic heterocycles. The second kappa shape index (κ2) is 9.57. The Morgan fingerprint density at radius 3 is 2.61 bits per heavy atom.